The first-order valence-electron chi connectivity index (χ1n) is 6.70. The van der Waals surface area contributed by atoms with Crippen molar-refractivity contribution in [3.8, 4) is 0 Å². The van der Waals surface area contributed by atoms with Crippen LogP contribution in [0.1, 0.15) is 35.6 Å². The molecule has 0 spiro atoms. The van der Waals surface area contributed by atoms with Crippen molar-refractivity contribution in [1.29, 1.82) is 0 Å². The van der Waals surface area contributed by atoms with Crippen molar-refractivity contribution in [3.63, 3.8) is 0 Å². The number of carbonyl (C=O) groups is 1. The van der Waals surface area contributed by atoms with Gasteiger partial charge in [-0.1, -0.05) is 24.6 Å². The first-order chi connectivity index (χ1) is 8.49. The molecule has 0 N–H and O–H groups in total. The van der Waals surface area contributed by atoms with Gasteiger partial charge in [0.05, 0.1) is 0 Å². The van der Waals surface area contributed by atoms with Crippen LogP contribution in [0, 0.1) is 26.7 Å². The molecule has 2 unspecified atom stereocenters. The number of ketones is 1. The maximum atomic E-state index is 12.3. The Morgan fingerprint density at radius 1 is 1.28 bits per heavy atom. The summed E-state index contributed by atoms with van der Waals surface area (Å²) in [4.78, 5) is 12.3. The summed E-state index contributed by atoms with van der Waals surface area (Å²) >= 11 is 0. The van der Waals surface area contributed by atoms with Gasteiger partial charge in [0.25, 0.3) is 0 Å². The second kappa shape index (κ2) is 5.23. The minimum atomic E-state index is -0.190. The van der Waals surface area contributed by atoms with Gasteiger partial charge in [-0.15, -0.1) is 0 Å². The van der Waals surface area contributed by atoms with Gasteiger partial charge in [0.2, 0.25) is 0 Å². The number of benzene rings is 1. The molecule has 1 saturated heterocycles. The fraction of sp³-hybridized carbons (Fsp3) is 0.562. The van der Waals surface area contributed by atoms with Crippen molar-refractivity contribution in [3.05, 3.63) is 34.4 Å². The summed E-state index contributed by atoms with van der Waals surface area (Å²) in [7, 11) is 0. The Hall–Kier alpha value is -1.15. The molecule has 0 aromatic heterocycles. The van der Waals surface area contributed by atoms with Crippen LogP contribution in [-0.4, -0.2) is 18.5 Å². The minimum absolute atomic E-state index is 0.190. The molecule has 1 fully saturated rings. The van der Waals surface area contributed by atoms with Crippen LogP contribution in [0.15, 0.2) is 12.1 Å². The summed E-state index contributed by atoms with van der Waals surface area (Å²) in [5.74, 6) is 0.596. The van der Waals surface area contributed by atoms with Crippen LogP contribution in [0.2, 0.25) is 0 Å². The van der Waals surface area contributed by atoms with Crippen LogP contribution in [0.25, 0.3) is 0 Å². The Bertz CT molecular complexity index is 439. The molecule has 0 saturated carbocycles. The largest absolute Gasteiger partial charge is 0.370 e. The quantitative estimate of drug-likeness (QED) is 0.819. The van der Waals surface area contributed by atoms with E-state index in [0.717, 1.165) is 13.0 Å². The van der Waals surface area contributed by atoms with Gasteiger partial charge in [0.1, 0.15) is 6.10 Å². The molecule has 2 nitrogen and oxygen atoms in total. The first kappa shape index (κ1) is 13.3. The van der Waals surface area contributed by atoms with E-state index < -0.39 is 0 Å². The molecule has 1 aliphatic rings. The Morgan fingerprint density at radius 3 is 2.39 bits per heavy atom. The van der Waals surface area contributed by atoms with E-state index in [2.05, 4.69) is 39.8 Å². The molecule has 0 amide bonds. The molecule has 0 radical (unpaired) electrons. The lowest BCUT2D eigenvalue weighted by atomic mass is 9.91. The third-order valence-corrected chi connectivity index (χ3v) is 3.90. The minimum Gasteiger partial charge on any atom is -0.370 e. The van der Waals surface area contributed by atoms with E-state index in [1.165, 1.54) is 22.3 Å². The third kappa shape index (κ3) is 2.64. The molecule has 1 aromatic carbocycles. The van der Waals surface area contributed by atoms with Gasteiger partial charge in [0.15, 0.2) is 5.78 Å². The third-order valence-electron chi connectivity index (χ3n) is 3.90. The summed E-state index contributed by atoms with van der Waals surface area (Å²) < 4.78 is 5.55. The van der Waals surface area contributed by atoms with Crippen molar-refractivity contribution in [2.75, 3.05) is 6.61 Å². The van der Waals surface area contributed by atoms with E-state index in [4.69, 9.17) is 4.74 Å². The molecule has 1 aliphatic heterocycles. The number of hydrogen-bond acceptors (Lipinski definition) is 2. The maximum absolute atomic E-state index is 12.3. The number of rotatable bonds is 3. The zero-order valence-electron chi connectivity index (χ0n) is 11.7. The highest BCUT2D eigenvalue weighted by atomic mass is 16.5. The molecule has 2 atom stereocenters. The fourth-order valence-corrected chi connectivity index (χ4v) is 2.87. The molecule has 1 aromatic rings. The Balaban J connectivity index is 2.17. The smallest absolute Gasteiger partial charge is 0.166 e. The van der Waals surface area contributed by atoms with Gasteiger partial charge in [0, 0.05) is 13.0 Å². The molecule has 18 heavy (non-hydrogen) atoms. The van der Waals surface area contributed by atoms with Gasteiger partial charge >= 0.3 is 0 Å². The molecule has 0 bridgehead atoms. The second-order valence-corrected chi connectivity index (χ2v) is 5.58. The van der Waals surface area contributed by atoms with E-state index >= 15 is 0 Å². The molecular weight excluding hydrogens is 224 g/mol. The summed E-state index contributed by atoms with van der Waals surface area (Å²) in [6, 6.07) is 4.29. The van der Waals surface area contributed by atoms with Gasteiger partial charge in [-0.05, 0) is 49.8 Å². The Labute approximate surface area is 109 Å². The number of ether oxygens (including phenoxy) is 1. The van der Waals surface area contributed by atoms with Gasteiger partial charge < -0.3 is 4.74 Å². The van der Waals surface area contributed by atoms with Crippen molar-refractivity contribution in [1.82, 2.24) is 0 Å². The van der Waals surface area contributed by atoms with Crippen molar-refractivity contribution >= 4 is 5.78 Å². The Kier molecular flexibility index (Phi) is 3.86. The lowest BCUT2D eigenvalue weighted by Crippen LogP contribution is -2.27. The van der Waals surface area contributed by atoms with Crippen LogP contribution in [0.5, 0.6) is 0 Å². The average molecular weight is 246 g/mol. The lowest BCUT2D eigenvalue weighted by molar-refractivity contribution is -0.128. The second-order valence-electron chi connectivity index (χ2n) is 5.58. The van der Waals surface area contributed by atoms with Gasteiger partial charge in [-0.25, -0.2) is 0 Å². The van der Waals surface area contributed by atoms with Crippen LogP contribution < -0.4 is 0 Å². The van der Waals surface area contributed by atoms with E-state index in [0.29, 0.717) is 12.3 Å². The van der Waals surface area contributed by atoms with E-state index in [-0.39, 0.29) is 11.9 Å². The van der Waals surface area contributed by atoms with Crippen LogP contribution in [-0.2, 0) is 16.0 Å². The van der Waals surface area contributed by atoms with Crippen LogP contribution in [0.3, 0.4) is 0 Å². The molecular formula is C16H22O2. The van der Waals surface area contributed by atoms with Crippen molar-refractivity contribution < 1.29 is 9.53 Å². The average Bonchev–Trinajstić information content (AvgIpc) is 2.69. The number of aryl methyl sites for hydroxylation is 3. The predicted octanol–water partition coefficient (Wildman–Crippen LogP) is 3.15. The number of carbonyl (C=O) groups excluding carboxylic acids is 1. The Morgan fingerprint density at radius 2 is 1.89 bits per heavy atom. The lowest BCUT2D eigenvalue weighted by Gasteiger charge is -2.16. The number of Topliss-reactive ketones (excluding diaryl/α,β-unsaturated/α-hetero) is 1. The molecule has 1 heterocycles. The topological polar surface area (TPSA) is 26.3 Å². The van der Waals surface area contributed by atoms with E-state index in [9.17, 15) is 4.79 Å². The van der Waals surface area contributed by atoms with Gasteiger partial charge in [-0.3, -0.25) is 4.79 Å². The monoisotopic (exact) mass is 246 g/mol. The van der Waals surface area contributed by atoms with E-state index in [1.807, 2.05) is 0 Å². The summed E-state index contributed by atoms with van der Waals surface area (Å²) in [5, 5.41) is 0. The number of hydrogen-bond donors (Lipinski definition) is 0. The molecule has 2 heteroatoms. The highest BCUT2D eigenvalue weighted by Crippen LogP contribution is 2.24. The fourth-order valence-electron chi connectivity index (χ4n) is 2.87. The standard InChI is InChI=1S/C16H22O2/c1-10-7-12(3)14(13(4)8-10)9-15(17)16-11(2)5-6-18-16/h7-8,11,16H,5-6,9H2,1-4H3. The maximum Gasteiger partial charge on any atom is 0.166 e. The predicted molar refractivity (Wildman–Crippen MR) is 72.9 cm³/mol. The van der Waals surface area contributed by atoms with E-state index in [1.54, 1.807) is 0 Å². The summed E-state index contributed by atoms with van der Waals surface area (Å²) in [5.41, 5.74) is 4.86. The van der Waals surface area contributed by atoms with Crippen molar-refractivity contribution in [2.45, 2.75) is 46.6 Å². The van der Waals surface area contributed by atoms with Gasteiger partial charge in [-0.2, -0.15) is 0 Å². The zero-order chi connectivity index (χ0) is 13.3. The molecule has 0 aliphatic carbocycles. The summed E-state index contributed by atoms with van der Waals surface area (Å²) in [6.45, 7) is 9.09. The summed E-state index contributed by atoms with van der Waals surface area (Å²) in [6.07, 6.45) is 1.32. The SMILES string of the molecule is Cc1cc(C)c(CC(=O)C2OCCC2C)c(C)c1. The highest BCUT2D eigenvalue weighted by molar-refractivity contribution is 5.86. The first-order valence-corrected chi connectivity index (χ1v) is 6.70. The van der Waals surface area contributed by atoms with Crippen LogP contribution >= 0.6 is 0 Å². The van der Waals surface area contributed by atoms with Crippen LogP contribution in [0.4, 0.5) is 0 Å². The molecule has 2 rings (SSSR count). The van der Waals surface area contributed by atoms with Crippen molar-refractivity contribution in [2.24, 2.45) is 5.92 Å². The highest BCUT2D eigenvalue weighted by Gasteiger charge is 2.30. The normalized spacial score (nSPS) is 23.3. The zero-order valence-corrected chi connectivity index (χ0v) is 11.7. The molecule has 98 valence electrons.